The van der Waals surface area contributed by atoms with E-state index in [0.29, 0.717) is 11.4 Å². The van der Waals surface area contributed by atoms with Gasteiger partial charge in [0.25, 0.3) is 5.91 Å². The third-order valence-corrected chi connectivity index (χ3v) is 5.72. The highest BCUT2D eigenvalue weighted by Gasteiger charge is 2.20. The molecule has 146 valence electrons. The Morgan fingerprint density at radius 1 is 1.36 bits per heavy atom. The van der Waals surface area contributed by atoms with Crippen LogP contribution in [-0.2, 0) is 14.3 Å². The third kappa shape index (κ3) is 3.93. The van der Waals surface area contributed by atoms with E-state index in [0.717, 1.165) is 41.0 Å². The lowest BCUT2D eigenvalue weighted by molar-refractivity contribution is -0.124. The van der Waals surface area contributed by atoms with Gasteiger partial charge in [0.15, 0.2) is 6.61 Å². The molecular weight excluding hydrogens is 378 g/mol. The van der Waals surface area contributed by atoms with Crippen LogP contribution in [0.4, 0.5) is 0 Å². The molecule has 28 heavy (non-hydrogen) atoms. The van der Waals surface area contributed by atoms with E-state index in [1.54, 1.807) is 6.07 Å². The van der Waals surface area contributed by atoms with Crippen molar-refractivity contribution in [3.05, 3.63) is 47.0 Å². The van der Waals surface area contributed by atoms with Gasteiger partial charge in [0, 0.05) is 18.5 Å². The van der Waals surface area contributed by atoms with Gasteiger partial charge in [0.2, 0.25) is 0 Å². The predicted octanol–water partition coefficient (Wildman–Crippen LogP) is 2.85. The maximum atomic E-state index is 12.4. The summed E-state index contributed by atoms with van der Waals surface area (Å²) < 4.78 is 12.5. The number of aromatic nitrogens is 2. The summed E-state index contributed by atoms with van der Waals surface area (Å²) in [7, 11) is 0. The number of benzene rings is 1. The molecule has 1 fully saturated rings. The average molecular weight is 399 g/mol. The first kappa shape index (κ1) is 18.6. The fourth-order valence-electron chi connectivity index (χ4n) is 3.18. The van der Waals surface area contributed by atoms with Gasteiger partial charge in [0.1, 0.15) is 9.71 Å². The van der Waals surface area contributed by atoms with Gasteiger partial charge in [-0.1, -0.05) is 18.2 Å². The largest absolute Gasteiger partial charge is 0.451 e. The van der Waals surface area contributed by atoms with Crippen LogP contribution in [0.1, 0.15) is 28.2 Å². The van der Waals surface area contributed by atoms with Crippen molar-refractivity contribution < 1.29 is 19.1 Å². The number of rotatable bonds is 6. The van der Waals surface area contributed by atoms with Crippen LogP contribution in [0.25, 0.3) is 15.9 Å². The lowest BCUT2D eigenvalue weighted by Gasteiger charge is -2.10. The summed E-state index contributed by atoms with van der Waals surface area (Å²) in [6.45, 7) is 2.79. The fourth-order valence-corrected chi connectivity index (χ4v) is 4.25. The molecule has 1 aromatic carbocycles. The summed E-state index contributed by atoms with van der Waals surface area (Å²) in [5, 5.41) is 8.20. The maximum Gasteiger partial charge on any atom is 0.348 e. The monoisotopic (exact) mass is 399 g/mol. The Morgan fingerprint density at radius 3 is 2.93 bits per heavy atom. The molecule has 3 aromatic rings. The topological polar surface area (TPSA) is 82.5 Å². The molecule has 1 N–H and O–H groups in total. The number of amides is 1. The van der Waals surface area contributed by atoms with E-state index in [-0.39, 0.29) is 18.6 Å². The van der Waals surface area contributed by atoms with E-state index < -0.39 is 5.97 Å². The van der Waals surface area contributed by atoms with Gasteiger partial charge in [-0.05, 0) is 38.0 Å². The Labute approximate surface area is 166 Å². The minimum Gasteiger partial charge on any atom is -0.451 e. The minimum atomic E-state index is -0.507. The number of aryl methyl sites for hydroxylation is 1. The number of thiophene rings is 1. The van der Waals surface area contributed by atoms with Crippen LogP contribution in [0.2, 0.25) is 0 Å². The smallest absolute Gasteiger partial charge is 0.348 e. The van der Waals surface area contributed by atoms with E-state index in [1.165, 1.54) is 11.3 Å². The van der Waals surface area contributed by atoms with Crippen LogP contribution in [0.15, 0.2) is 36.4 Å². The number of esters is 1. The lowest BCUT2D eigenvalue weighted by atomic mass is 10.2. The van der Waals surface area contributed by atoms with Crippen LogP contribution in [0.5, 0.6) is 0 Å². The third-order valence-electron chi connectivity index (χ3n) is 4.63. The summed E-state index contributed by atoms with van der Waals surface area (Å²) in [4.78, 5) is 25.6. The summed E-state index contributed by atoms with van der Waals surface area (Å²) in [6, 6.07) is 11.5. The van der Waals surface area contributed by atoms with Crippen LogP contribution in [-0.4, -0.2) is 47.5 Å². The van der Waals surface area contributed by atoms with E-state index in [1.807, 2.05) is 41.9 Å². The Bertz CT molecular complexity index is 990. The zero-order chi connectivity index (χ0) is 19.5. The summed E-state index contributed by atoms with van der Waals surface area (Å²) >= 11 is 1.31. The second-order valence-corrected chi connectivity index (χ2v) is 7.71. The minimum absolute atomic E-state index is 0.0613. The molecule has 0 saturated carbocycles. The second-order valence-electron chi connectivity index (χ2n) is 6.68. The van der Waals surface area contributed by atoms with E-state index in [9.17, 15) is 9.59 Å². The summed E-state index contributed by atoms with van der Waals surface area (Å²) in [5.74, 6) is -0.830. The van der Waals surface area contributed by atoms with Crippen molar-refractivity contribution in [3.63, 3.8) is 0 Å². The van der Waals surface area contributed by atoms with Crippen LogP contribution >= 0.6 is 11.3 Å². The van der Waals surface area contributed by atoms with Gasteiger partial charge >= 0.3 is 5.97 Å². The van der Waals surface area contributed by atoms with Crippen LogP contribution in [0.3, 0.4) is 0 Å². The number of carbonyl (C=O) groups is 2. The Kier molecular flexibility index (Phi) is 5.40. The normalized spacial score (nSPS) is 16.4. The Morgan fingerprint density at radius 2 is 2.18 bits per heavy atom. The molecule has 8 heteroatoms. The fraction of sp³-hybridized carbons (Fsp3) is 0.350. The predicted molar refractivity (Wildman–Crippen MR) is 106 cm³/mol. The summed E-state index contributed by atoms with van der Waals surface area (Å²) in [5.41, 5.74) is 1.76. The van der Waals surface area contributed by atoms with Crippen molar-refractivity contribution in [1.82, 2.24) is 15.1 Å². The first-order valence-electron chi connectivity index (χ1n) is 9.22. The average Bonchev–Trinajstić information content (AvgIpc) is 3.44. The molecule has 7 nitrogen and oxygen atoms in total. The maximum absolute atomic E-state index is 12.4. The molecule has 1 amide bonds. The van der Waals surface area contributed by atoms with Crippen LogP contribution in [0, 0.1) is 6.92 Å². The molecular formula is C20H21N3O4S. The van der Waals surface area contributed by atoms with Crippen molar-refractivity contribution in [2.24, 2.45) is 0 Å². The first-order valence-corrected chi connectivity index (χ1v) is 10.0. The molecule has 2 aromatic heterocycles. The van der Waals surface area contributed by atoms with E-state index >= 15 is 0 Å². The van der Waals surface area contributed by atoms with Crippen molar-refractivity contribution in [1.29, 1.82) is 0 Å². The number of nitrogens with zero attached hydrogens (tertiary/aromatic N) is 2. The first-order chi connectivity index (χ1) is 13.6. The SMILES string of the molecule is Cc1nn(-c2ccccc2)c2sc(C(=O)OCC(=O)NC[C@@H]3CCCO3)cc12. The molecule has 0 aliphatic carbocycles. The second kappa shape index (κ2) is 8.12. The molecule has 0 bridgehead atoms. The molecule has 1 aliphatic heterocycles. The molecule has 1 aliphatic rings. The molecule has 0 unspecified atom stereocenters. The number of hydrogen-bond donors (Lipinski definition) is 1. The van der Waals surface area contributed by atoms with Gasteiger partial charge in [0.05, 0.1) is 17.5 Å². The van der Waals surface area contributed by atoms with Gasteiger partial charge in [-0.2, -0.15) is 5.10 Å². The van der Waals surface area contributed by atoms with Gasteiger partial charge in [-0.3, -0.25) is 4.79 Å². The number of ether oxygens (including phenoxy) is 2. The van der Waals surface area contributed by atoms with Crippen molar-refractivity contribution in [2.75, 3.05) is 19.8 Å². The van der Waals surface area contributed by atoms with E-state index in [2.05, 4.69) is 10.4 Å². The number of fused-ring (bicyclic) bond motifs is 1. The van der Waals surface area contributed by atoms with Gasteiger partial charge in [-0.15, -0.1) is 11.3 Å². The zero-order valence-corrected chi connectivity index (χ0v) is 16.3. The zero-order valence-electron chi connectivity index (χ0n) is 15.5. The van der Waals surface area contributed by atoms with Gasteiger partial charge < -0.3 is 14.8 Å². The molecule has 0 spiro atoms. The highest BCUT2D eigenvalue weighted by Crippen LogP contribution is 2.30. The number of carbonyl (C=O) groups excluding carboxylic acids is 2. The van der Waals surface area contributed by atoms with Crippen molar-refractivity contribution >= 4 is 33.4 Å². The quantitative estimate of drug-likeness (QED) is 0.645. The highest BCUT2D eigenvalue weighted by molar-refractivity contribution is 7.20. The van der Waals surface area contributed by atoms with Crippen molar-refractivity contribution in [3.8, 4) is 5.69 Å². The molecule has 3 heterocycles. The lowest BCUT2D eigenvalue weighted by Crippen LogP contribution is -2.34. The molecule has 0 radical (unpaired) electrons. The van der Waals surface area contributed by atoms with Crippen LogP contribution < -0.4 is 5.32 Å². The molecule has 1 atom stereocenters. The van der Waals surface area contributed by atoms with Gasteiger partial charge in [-0.25, -0.2) is 9.48 Å². The summed E-state index contributed by atoms with van der Waals surface area (Å²) in [6.07, 6.45) is 2.02. The highest BCUT2D eigenvalue weighted by atomic mass is 32.1. The number of nitrogens with one attached hydrogen (secondary N) is 1. The standard InChI is InChI=1S/C20H21N3O4S/c1-13-16-10-17(28-19(16)23(22-13)14-6-3-2-4-7-14)20(25)27-12-18(24)21-11-15-8-5-9-26-15/h2-4,6-7,10,15H,5,8-9,11-12H2,1H3,(H,21,24)/t15-/m0/s1. The Hall–Kier alpha value is -2.71. The number of para-hydroxylation sites is 1. The Balaban J connectivity index is 1.41. The molecule has 1 saturated heterocycles. The number of hydrogen-bond acceptors (Lipinski definition) is 6. The van der Waals surface area contributed by atoms with E-state index in [4.69, 9.17) is 9.47 Å². The molecule has 4 rings (SSSR count). The van der Waals surface area contributed by atoms with Crippen molar-refractivity contribution in [2.45, 2.75) is 25.9 Å².